The zero-order valence-electron chi connectivity index (χ0n) is 20.2. The molecule has 7 nitrogen and oxygen atoms in total. The second-order valence-corrected chi connectivity index (χ2v) is 9.95. The fourth-order valence-electron chi connectivity index (χ4n) is 5.12. The van der Waals surface area contributed by atoms with E-state index in [0.717, 1.165) is 23.1 Å². The molecule has 186 valence electrons. The first-order chi connectivity index (χ1) is 17.6. The number of benzene rings is 1. The number of rotatable bonds is 8. The third-order valence-corrected chi connectivity index (χ3v) is 7.46. The summed E-state index contributed by atoms with van der Waals surface area (Å²) in [5.41, 5.74) is 3.88. The number of aryl methyl sites for hydroxylation is 1. The van der Waals surface area contributed by atoms with Crippen molar-refractivity contribution in [2.24, 2.45) is 11.8 Å². The lowest BCUT2D eigenvalue weighted by atomic mass is 9.91. The summed E-state index contributed by atoms with van der Waals surface area (Å²) < 4.78 is 5.47. The van der Waals surface area contributed by atoms with Crippen molar-refractivity contribution in [2.75, 3.05) is 6.54 Å². The minimum absolute atomic E-state index is 0. The Morgan fingerprint density at radius 3 is 2.75 bits per heavy atom. The SMILES string of the molecule is Cc1onc(C23C=CC=CC2C3)c1C(=O)NCc1ccccc1-c1cccnc1C(=O)NCC1CC1.[HH].[HH]. The predicted octanol–water partition coefficient (Wildman–Crippen LogP) is 4.99. The van der Waals surface area contributed by atoms with Crippen LogP contribution in [0.5, 0.6) is 0 Å². The molecule has 36 heavy (non-hydrogen) atoms. The van der Waals surface area contributed by atoms with Gasteiger partial charge in [0.05, 0.1) is 0 Å². The van der Waals surface area contributed by atoms with E-state index in [4.69, 9.17) is 4.52 Å². The molecule has 3 aliphatic carbocycles. The second-order valence-electron chi connectivity index (χ2n) is 9.95. The van der Waals surface area contributed by atoms with Crippen LogP contribution >= 0.6 is 0 Å². The number of aromatic nitrogens is 2. The third-order valence-electron chi connectivity index (χ3n) is 7.46. The van der Waals surface area contributed by atoms with Gasteiger partial charge in [-0.3, -0.25) is 14.6 Å². The van der Waals surface area contributed by atoms with Crippen LogP contribution in [0.15, 0.2) is 71.4 Å². The largest absolute Gasteiger partial charge is 0.361 e. The van der Waals surface area contributed by atoms with E-state index in [1.165, 1.54) is 12.8 Å². The Morgan fingerprint density at radius 2 is 1.92 bits per heavy atom. The first-order valence-corrected chi connectivity index (χ1v) is 12.5. The Hall–Kier alpha value is -4.00. The summed E-state index contributed by atoms with van der Waals surface area (Å²) >= 11 is 0. The van der Waals surface area contributed by atoms with Gasteiger partial charge in [-0.1, -0.05) is 59.8 Å². The molecule has 0 saturated heterocycles. The van der Waals surface area contributed by atoms with Gasteiger partial charge in [0.25, 0.3) is 11.8 Å². The Labute approximate surface area is 212 Å². The molecule has 1 aromatic carbocycles. The maximum absolute atomic E-state index is 13.4. The molecule has 0 spiro atoms. The number of nitrogens with one attached hydrogen (secondary N) is 2. The predicted molar refractivity (Wildman–Crippen MR) is 139 cm³/mol. The lowest BCUT2D eigenvalue weighted by Gasteiger charge is -2.15. The zero-order valence-corrected chi connectivity index (χ0v) is 20.2. The van der Waals surface area contributed by atoms with Gasteiger partial charge in [-0.2, -0.15) is 0 Å². The zero-order chi connectivity index (χ0) is 24.7. The number of hydrogen-bond acceptors (Lipinski definition) is 5. The van der Waals surface area contributed by atoms with Gasteiger partial charge in [0.2, 0.25) is 0 Å². The molecular weight excluding hydrogens is 452 g/mol. The van der Waals surface area contributed by atoms with E-state index < -0.39 is 0 Å². The number of carbonyl (C=O) groups excluding carboxylic acids is 2. The van der Waals surface area contributed by atoms with Crippen LogP contribution in [-0.4, -0.2) is 28.5 Å². The van der Waals surface area contributed by atoms with E-state index in [-0.39, 0.29) is 20.1 Å². The quantitative estimate of drug-likeness (QED) is 0.469. The van der Waals surface area contributed by atoms with Gasteiger partial charge in [-0.05, 0) is 55.2 Å². The molecular formula is C29H32N4O3. The number of allylic oxidation sites excluding steroid dienone is 4. The highest BCUT2D eigenvalue weighted by molar-refractivity contribution is 5.99. The lowest BCUT2D eigenvalue weighted by Crippen LogP contribution is -2.27. The van der Waals surface area contributed by atoms with Gasteiger partial charge in [-0.15, -0.1) is 0 Å². The van der Waals surface area contributed by atoms with Crippen molar-refractivity contribution >= 4 is 11.8 Å². The lowest BCUT2D eigenvalue weighted by molar-refractivity contribution is 0.0939. The first-order valence-electron chi connectivity index (χ1n) is 12.5. The van der Waals surface area contributed by atoms with E-state index in [1.807, 2.05) is 48.6 Å². The molecule has 7 heteroatoms. The van der Waals surface area contributed by atoms with Gasteiger partial charge >= 0.3 is 0 Å². The van der Waals surface area contributed by atoms with Crippen molar-refractivity contribution in [2.45, 2.75) is 38.1 Å². The molecule has 0 bridgehead atoms. The van der Waals surface area contributed by atoms with Crippen LogP contribution in [-0.2, 0) is 12.0 Å². The van der Waals surface area contributed by atoms with Crippen LogP contribution in [0.25, 0.3) is 11.1 Å². The topological polar surface area (TPSA) is 97.1 Å². The fourth-order valence-corrected chi connectivity index (χ4v) is 5.12. The van der Waals surface area contributed by atoms with Crippen molar-refractivity contribution in [3.63, 3.8) is 0 Å². The number of pyridine rings is 1. The number of hydrogen-bond donors (Lipinski definition) is 2. The van der Waals surface area contributed by atoms with E-state index in [1.54, 1.807) is 13.1 Å². The van der Waals surface area contributed by atoms with Crippen LogP contribution < -0.4 is 10.6 Å². The van der Waals surface area contributed by atoms with Crippen LogP contribution in [0.3, 0.4) is 0 Å². The Balaban J connectivity index is 0.00000168. The van der Waals surface area contributed by atoms with Crippen LogP contribution in [0.4, 0.5) is 0 Å². The molecule has 2 amide bonds. The van der Waals surface area contributed by atoms with Crippen molar-refractivity contribution in [1.82, 2.24) is 20.8 Å². The van der Waals surface area contributed by atoms with E-state index in [0.29, 0.717) is 47.6 Å². The smallest absolute Gasteiger partial charge is 0.270 e. The molecule has 2 N–H and O–H groups in total. The molecule has 2 saturated carbocycles. The standard InChI is InChI=1S/C29H28N4O3.2H2/c1-18-24(26(33-36-18)29-13-5-4-8-21(29)15-29)27(34)32-17-20-7-2-3-9-22(20)23-10-6-14-30-25(23)28(35)31-16-19-11-12-19;;/h2-10,13-14,19,21H,11-12,15-17H2,1H3,(H,31,35)(H,32,34);2*1H. The van der Waals surface area contributed by atoms with Crippen LogP contribution in [0.2, 0.25) is 0 Å². The molecule has 2 fully saturated rings. The first kappa shape index (κ1) is 22.5. The summed E-state index contributed by atoms with van der Waals surface area (Å²) in [5.74, 6) is 1.07. The highest BCUT2D eigenvalue weighted by Gasteiger charge is 2.56. The fraction of sp³-hybridized carbons (Fsp3) is 0.310. The minimum atomic E-state index is -0.241. The van der Waals surface area contributed by atoms with Gasteiger partial charge in [0, 0.05) is 33.1 Å². The monoisotopic (exact) mass is 484 g/mol. The van der Waals surface area contributed by atoms with Crippen molar-refractivity contribution in [3.8, 4) is 11.1 Å². The Bertz CT molecular complexity index is 1410. The Kier molecular flexibility index (Phi) is 5.55. The summed E-state index contributed by atoms with van der Waals surface area (Å²) in [6.07, 6.45) is 13.2. The number of nitrogens with zero attached hydrogens (tertiary/aromatic N) is 2. The summed E-state index contributed by atoms with van der Waals surface area (Å²) in [5, 5.41) is 10.4. The molecule has 3 aliphatic rings. The third kappa shape index (κ3) is 4.04. The molecule has 2 aromatic heterocycles. The van der Waals surface area contributed by atoms with E-state index >= 15 is 0 Å². The second kappa shape index (κ2) is 8.90. The highest BCUT2D eigenvalue weighted by Crippen LogP contribution is 2.58. The molecule has 6 rings (SSSR count). The number of carbonyl (C=O) groups is 2. The summed E-state index contributed by atoms with van der Waals surface area (Å²) in [7, 11) is 0. The maximum Gasteiger partial charge on any atom is 0.270 e. The molecule has 2 atom stereocenters. The average Bonchev–Trinajstić information content (AvgIpc) is 3.83. The van der Waals surface area contributed by atoms with Crippen LogP contribution in [0.1, 0.15) is 60.0 Å². The van der Waals surface area contributed by atoms with Crippen LogP contribution in [0, 0.1) is 18.8 Å². The van der Waals surface area contributed by atoms with Gasteiger partial charge in [0.1, 0.15) is 22.7 Å². The number of amides is 2. The summed E-state index contributed by atoms with van der Waals surface area (Å²) in [4.78, 5) is 30.7. The van der Waals surface area contributed by atoms with E-state index in [2.05, 4.69) is 32.9 Å². The molecule has 0 radical (unpaired) electrons. The van der Waals surface area contributed by atoms with Crippen molar-refractivity contribution in [3.05, 3.63) is 95.2 Å². The highest BCUT2D eigenvalue weighted by atomic mass is 16.5. The summed E-state index contributed by atoms with van der Waals surface area (Å²) in [6, 6.07) is 11.5. The van der Waals surface area contributed by atoms with Gasteiger partial charge in [-0.25, -0.2) is 0 Å². The molecule has 2 unspecified atom stereocenters. The van der Waals surface area contributed by atoms with Gasteiger partial charge in [0.15, 0.2) is 0 Å². The molecule has 0 aliphatic heterocycles. The average molecular weight is 485 g/mol. The van der Waals surface area contributed by atoms with Crippen molar-refractivity contribution < 1.29 is 17.0 Å². The summed E-state index contributed by atoms with van der Waals surface area (Å²) in [6.45, 7) is 2.75. The molecule has 2 heterocycles. The van der Waals surface area contributed by atoms with Crippen molar-refractivity contribution in [1.29, 1.82) is 0 Å². The number of fused-ring (bicyclic) bond motifs is 1. The normalized spacial score (nSPS) is 21.6. The Morgan fingerprint density at radius 1 is 1.08 bits per heavy atom. The molecule has 3 aromatic rings. The minimum Gasteiger partial charge on any atom is -0.361 e. The van der Waals surface area contributed by atoms with Gasteiger partial charge < -0.3 is 15.2 Å². The maximum atomic E-state index is 13.4. The van der Waals surface area contributed by atoms with E-state index in [9.17, 15) is 9.59 Å².